The number of aliphatic hydroxyl groups is 1. The zero-order chi connectivity index (χ0) is 12.3. The van der Waals surface area contributed by atoms with Gasteiger partial charge in [0.1, 0.15) is 0 Å². The maximum Gasteiger partial charge on any atom is 0.0702 e. The van der Waals surface area contributed by atoms with Crippen molar-refractivity contribution in [2.75, 3.05) is 18.5 Å². The first-order valence-electron chi connectivity index (χ1n) is 6.62. The summed E-state index contributed by atoms with van der Waals surface area (Å²) in [7, 11) is 2.14. The fourth-order valence-electron chi connectivity index (χ4n) is 2.89. The molecule has 1 aliphatic carbocycles. The van der Waals surface area contributed by atoms with Crippen LogP contribution >= 0.6 is 0 Å². The van der Waals surface area contributed by atoms with E-state index in [-0.39, 0.29) is 6.61 Å². The number of benzene rings is 1. The summed E-state index contributed by atoms with van der Waals surface area (Å²) in [5, 5.41) is 9.43. The molecule has 94 valence electrons. The van der Waals surface area contributed by atoms with Crippen LogP contribution in [0.25, 0.3) is 0 Å². The Kier molecular flexibility index (Phi) is 4.06. The van der Waals surface area contributed by atoms with Gasteiger partial charge in [-0.05, 0) is 31.7 Å². The molecule has 0 aromatic heterocycles. The fraction of sp³-hybridized carbons (Fsp3) is 0.600. The van der Waals surface area contributed by atoms with Crippen molar-refractivity contribution in [1.29, 1.82) is 0 Å². The molecule has 0 saturated heterocycles. The Hall–Kier alpha value is -1.02. The molecule has 0 spiro atoms. The van der Waals surface area contributed by atoms with Crippen LogP contribution in [0, 0.1) is 12.8 Å². The van der Waals surface area contributed by atoms with Gasteiger partial charge in [0.2, 0.25) is 0 Å². The van der Waals surface area contributed by atoms with Crippen molar-refractivity contribution in [2.24, 2.45) is 5.92 Å². The summed E-state index contributed by atoms with van der Waals surface area (Å²) in [6, 6.07) is 6.34. The summed E-state index contributed by atoms with van der Waals surface area (Å²) < 4.78 is 0. The van der Waals surface area contributed by atoms with Gasteiger partial charge in [0.25, 0.3) is 0 Å². The number of rotatable bonds is 4. The highest BCUT2D eigenvalue weighted by atomic mass is 16.3. The molecule has 1 aromatic rings. The Morgan fingerprint density at radius 2 is 2.00 bits per heavy atom. The number of hydrogen-bond acceptors (Lipinski definition) is 2. The van der Waals surface area contributed by atoms with Gasteiger partial charge in [-0.3, -0.25) is 0 Å². The van der Waals surface area contributed by atoms with Crippen LogP contribution in [0.1, 0.15) is 36.8 Å². The smallest absolute Gasteiger partial charge is 0.0702 e. The summed E-state index contributed by atoms with van der Waals surface area (Å²) in [4.78, 5) is 2.31. The molecule has 0 amide bonds. The highest BCUT2D eigenvalue weighted by Gasteiger charge is 2.18. The van der Waals surface area contributed by atoms with Gasteiger partial charge in [-0.15, -0.1) is 0 Å². The van der Waals surface area contributed by atoms with E-state index in [1.54, 1.807) is 0 Å². The van der Waals surface area contributed by atoms with Gasteiger partial charge in [-0.25, -0.2) is 0 Å². The van der Waals surface area contributed by atoms with E-state index in [2.05, 4.69) is 37.1 Å². The number of aliphatic hydroxyl groups excluding tert-OH is 1. The van der Waals surface area contributed by atoms with E-state index in [0.29, 0.717) is 0 Å². The molecule has 1 aromatic carbocycles. The Morgan fingerprint density at radius 3 is 2.65 bits per heavy atom. The third-order valence-electron chi connectivity index (χ3n) is 3.82. The molecule has 1 aliphatic rings. The lowest BCUT2D eigenvalue weighted by atomic mass is 10.1. The van der Waals surface area contributed by atoms with Crippen molar-refractivity contribution in [2.45, 2.75) is 39.2 Å². The lowest BCUT2D eigenvalue weighted by molar-refractivity contribution is 0.282. The van der Waals surface area contributed by atoms with Gasteiger partial charge in [-0.2, -0.15) is 0 Å². The molecule has 0 aliphatic heterocycles. The Bertz CT molecular complexity index is 369. The summed E-state index contributed by atoms with van der Waals surface area (Å²) in [5.41, 5.74) is 3.45. The molecular formula is C15H23NO. The molecule has 0 atom stereocenters. The van der Waals surface area contributed by atoms with Crippen molar-refractivity contribution in [3.8, 4) is 0 Å². The van der Waals surface area contributed by atoms with Gasteiger partial charge in [0.15, 0.2) is 0 Å². The summed E-state index contributed by atoms with van der Waals surface area (Å²) in [6.45, 7) is 3.32. The zero-order valence-corrected chi connectivity index (χ0v) is 10.9. The van der Waals surface area contributed by atoms with Crippen LogP contribution in [0.5, 0.6) is 0 Å². The largest absolute Gasteiger partial charge is 0.392 e. The third kappa shape index (κ3) is 3.01. The molecule has 2 nitrogen and oxygen atoms in total. The van der Waals surface area contributed by atoms with Crippen LogP contribution in [-0.2, 0) is 6.61 Å². The number of aryl methyl sites for hydroxylation is 1. The third-order valence-corrected chi connectivity index (χ3v) is 3.82. The highest BCUT2D eigenvalue weighted by molar-refractivity contribution is 5.54. The van der Waals surface area contributed by atoms with E-state index in [1.807, 2.05) is 0 Å². The molecule has 0 unspecified atom stereocenters. The van der Waals surface area contributed by atoms with Crippen LogP contribution in [0.15, 0.2) is 18.2 Å². The van der Waals surface area contributed by atoms with Crippen molar-refractivity contribution in [3.05, 3.63) is 29.3 Å². The first-order chi connectivity index (χ1) is 8.20. The SMILES string of the molecule is Cc1ccc(N(C)CC2CCCC2)c(CO)c1. The average Bonchev–Trinajstić information content (AvgIpc) is 2.81. The molecule has 1 saturated carbocycles. The summed E-state index contributed by atoms with van der Waals surface area (Å²) in [5.74, 6) is 0.841. The fourth-order valence-corrected chi connectivity index (χ4v) is 2.89. The van der Waals surface area contributed by atoms with Crippen LogP contribution in [0.2, 0.25) is 0 Å². The van der Waals surface area contributed by atoms with Crippen LogP contribution in [0.4, 0.5) is 5.69 Å². The van der Waals surface area contributed by atoms with E-state index < -0.39 is 0 Å². The molecule has 0 radical (unpaired) electrons. The number of anilines is 1. The lowest BCUT2D eigenvalue weighted by Gasteiger charge is -2.25. The molecule has 0 bridgehead atoms. The molecule has 2 heteroatoms. The van der Waals surface area contributed by atoms with Gasteiger partial charge < -0.3 is 10.0 Å². The minimum absolute atomic E-state index is 0.131. The maximum absolute atomic E-state index is 9.43. The molecule has 0 heterocycles. The average molecular weight is 233 g/mol. The van der Waals surface area contributed by atoms with Crippen molar-refractivity contribution in [3.63, 3.8) is 0 Å². The molecular weight excluding hydrogens is 210 g/mol. The van der Waals surface area contributed by atoms with Crippen molar-refractivity contribution < 1.29 is 5.11 Å². The van der Waals surface area contributed by atoms with Crippen molar-refractivity contribution in [1.82, 2.24) is 0 Å². The normalized spacial score (nSPS) is 16.4. The zero-order valence-electron chi connectivity index (χ0n) is 10.9. The second kappa shape index (κ2) is 5.54. The highest BCUT2D eigenvalue weighted by Crippen LogP contribution is 2.28. The Balaban J connectivity index is 2.09. The minimum atomic E-state index is 0.131. The second-order valence-corrected chi connectivity index (χ2v) is 5.32. The van der Waals surface area contributed by atoms with Crippen molar-refractivity contribution >= 4 is 5.69 Å². The van der Waals surface area contributed by atoms with Crippen LogP contribution in [0.3, 0.4) is 0 Å². The monoisotopic (exact) mass is 233 g/mol. The van der Waals surface area contributed by atoms with E-state index in [1.165, 1.54) is 36.9 Å². The maximum atomic E-state index is 9.43. The number of nitrogens with zero attached hydrogens (tertiary/aromatic N) is 1. The number of hydrogen-bond donors (Lipinski definition) is 1. The predicted molar refractivity (Wildman–Crippen MR) is 72.3 cm³/mol. The van der Waals surface area contributed by atoms with Gasteiger partial charge in [-0.1, -0.05) is 30.5 Å². The molecule has 1 fully saturated rings. The molecule has 1 N–H and O–H groups in total. The quantitative estimate of drug-likeness (QED) is 0.863. The first kappa shape index (κ1) is 12.4. The topological polar surface area (TPSA) is 23.5 Å². The first-order valence-corrected chi connectivity index (χ1v) is 6.62. The van der Waals surface area contributed by atoms with Crippen LogP contribution < -0.4 is 4.90 Å². The Labute approximate surface area is 104 Å². The molecule has 17 heavy (non-hydrogen) atoms. The summed E-state index contributed by atoms with van der Waals surface area (Å²) in [6.07, 6.45) is 5.51. The van der Waals surface area contributed by atoms with E-state index in [9.17, 15) is 5.11 Å². The second-order valence-electron chi connectivity index (χ2n) is 5.32. The summed E-state index contributed by atoms with van der Waals surface area (Å²) >= 11 is 0. The standard InChI is InChI=1S/C15H23NO/c1-12-7-8-15(14(9-12)11-17)16(2)10-13-5-3-4-6-13/h7-9,13,17H,3-6,10-11H2,1-2H3. The van der Waals surface area contributed by atoms with E-state index in [0.717, 1.165) is 18.0 Å². The van der Waals surface area contributed by atoms with E-state index in [4.69, 9.17) is 0 Å². The molecule has 2 rings (SSSR count). The Morgan fingerprint density at radius 1 is 1.29 bits per heavy atom. The van der Waals surface area contributed by atoms with E-state index >= 15 is 0 Å². The van der Waals surface area contributed by atoms with Gasteiger partial charge in [0.05, 0.1) is 6.61 Å². The van der Waals surface area contributed by atoms with Gasteiger partial charge >= 0.3 is 0 Å². The van der Waals surface area contributed by atoms with Gasteiger partial charge in [0, 0.05) is 24.8 Å². The van der Waals surface area contributed by atoms with Crippen LogP contribution in [-0.4, -0.2) is 18.7 Å². The predicted octanol–water partition coefficient (Wildman–Crippen LogP) is 3.11. The lowest BCUT2D eigenvalue weighted by Crippen LogP contribution is -2.25. The minimum Gasteiger partial charge on any atom is -0.392 e.